The predicted molar refractivity (Wildman–Crippen MR) is 60.4 cm³/mol. The Morgan fingerprint density at radius 2 is 2.00 bits per heavy atom. The van der Waals surface area contributed by atoms with Gasteiger partial charge in [0.15, 0.2) is 0 Å². The van der Waals surface area contributed by atoms with E-state index in [9.17, 15) is 5.11 Å². The molecule has 0 spiro atoms. The van der Waals surface area contributed by atoms with Crippen LogP contribution in [-0.4, -0.2) is 5.11 Å². The second-order valence-corrected chi connectivity index (χ2v) is 4.02. The Balaban J connectivity index is 2.74. The molecule has 1 N–H and O–H groups in total. The van der Waals surface area contributed by atoms with Crippen molar-refractivity contribution in [2.45, 2.75) is 46.1 Å². The number of aliphatic hydroxyl groups excluding tert-OH is 1. The quantitative estimate of drug-likeness (QED) is 0.773. The number of benzene rings is 1. The highest BCUT2D eigenvalue weighted by Gasteiger charge is 2.09. The number of unbranched alkanes of at least 4 members (excludes halogenated alkanes) is 1. The summed E-state index contributed by atoms with van der Waals surface area (Å²) in [6, 6.07) is 6.24. The molecule has 1 aromatic carbocycles. The largest absolute Gasteiger partial charge is 0.388 e. The molecular weight excluding hydrogens is 172 g/mol. The number of aryl methyl sites for hydroxylation is 2. The number of aliphatic hydroxyl groups is 1. The number of hydrogen-bond acceptors (Lipinski definition) is 1. The molecule has 0 aromatic heterocycles. The van der Waals surface area contributed by atoms with Crippen molar-refractivity contribution in [1.29, 1.82) is 0 Å². The van der Waals surface area contributed by atoms with Crippen molar-refractivity contribution >= 4 is 0 Å². The first-order chi connectivity index (χ1) is 6.65. The van der Waals surface area contributed by atoms with Gasteiger partial charge in [-0.05, 0) is 31.4 Å². The van der Waals surface area contributed by atoms with E-state index in [1.165, 1.54) is 11.1 Å². The Hall–Kier alpha value is -0.820. The Labute approximate surface area is 86.8 Å². The van der Waals surface area contributed by atoms with Crippen molar-refractivity contribution in [3.8, 4) is 0 Å². The lowest BCUT2D eigenvalue weighted by Crippen LogP contribution is -2.00. The molecule has 0 heterocycles. The lowest BCUT2D eigenvalue weighted by Gasteiger charge is -2.13. The van der Waals surface area contributed by atoms with Crippen LogP contribution in [0.4, 0.5) is 0 Å². The molecule has 1 unspecified atom stereocenters. The summed E-state index contributed by atoms with van der Waals surface area (Å²) in [7, 11) is 0. The van der Waals surface area contributed by atoms with Crippen LogP contribution in [0, 0.1) is 13.8 Å². The molecule has 1 rings (SSSR count). The van der Waals surface area contributed by atoms with Gasteiger partial charge in [-0.1, -0.05) is 43.5 Å². The average Bonchev–Trinajstić information content (AvgIpc) is 2.14. The van der Waals surface area contributed by atoms with Crippen molar-refractivity contribution in [2.24, 2.45) is 0 Å². The zero-order valence-corrected chi connectivity index (χ0v) is 9.38. The Morgan fingerprint density at radius 1 is 1.29 bits per heavy atom. The van der Waals surface area contributed by atoms with E-state index >= 15 is 0 Å². The van der Waals surface area contributed by atoms with Crippen molar-refractivity contribution in [3.63, 3.8) is 0 Å². The second kappa shape index (κ2) is 5.16. The van der Waals surface area contributed by atoms with Crippen LogP contribution >= 0.6 is 0 Å². The summed E-state index contributed by atoms with van der Waals surface area (Å²) >= 11 is 0. The van der Waals surface area contributed by atoms with Gasteiger partial charge in [-0.15, -0.1) is 0 Å². The molecule has 0 fully saturated rings. The smallest absolute Gasteiger partial charge is 0.0792 e. The van der Waals surface area contributed by atoms with Gasteiger partial charge in [0.2, 0.25) is 0 Å². The van der Waals surface area contributed by atoms with Gasteiger partial charge >= 0.3 is 0 Å². The Morgan fingerprint density at radius 3 is 2.57 bits per heavy atom. The predicted octanol–water partition coefficient (Wildman–Crippen LogP) is 3.53. The summed E-state index contributed by atoms with van der Waals surface area (Å²) in [5.41, 5.74) is 3.55. The van der Waals surface area contributed by atoms with Crippen LogP contribution in [0.25, 0.3) is 0 Å². The molecule has 0 saturated carbocycles. The number of hydrogen-bond donors (Lipinski definition) is 1. The molecule has 1 aromatic rings. The minimum atomic E-state index is -0.282. The van der Waals surface area contributed by atoms with E-state index in [2.05, 4.69) is 32.9 Å². The van der Waals surface area contributed by atoms with Crippen LogP contribution in [0.15, 0.2) is 18.2 Å². The van der Waals surface area contributed by atoms with Crippen molar-refractivity contribution in [3.05, 3.63) is 34.9 Å². The van der Waals surface area contributed by atoms with Crippen molar-refractivity contribution in [2.75, 3.05) is 0 Å². The van der Waals surface area contributed by atoms with E-state index in [0.717, 1.165) is 24.8 Å². The van der Waals surface area contributed by atoms with Gasteiger partial charge in [-0.3, -0.25) is 0 Å². The first-order valence-corrected chi connectivity index (χ1v) is 5.40. The molecule has 0 saturated heterocycles. The molecule has 0 aliphatic rings. The lowest BCUT2D eigenvalue weighted by atomic mass is 9.98. The van der Waals surface area contributed by atoms with Crippen molar-refractivity contribution in [1.82, 2.24) is 0 Å². The fourth-order valence-electron chi connectivity index (χ4n) is 1.75. The van der Waals surface area contributed by atoms with Crippen molar-refractivity contribution < 1.29 is 5.11 Å². The molecule has 1 heteroatoms. The summed E-state index contributed by atoms with van der Waals surface area (Å²) < 4.78 is 0. The maximum Gasteiger partial charge on any atom is 0.0792 e. The fourth-order valence-corrected chi connectivity index (χ4v) is 1.75. The maximum absolute atomic E-state index is 9.92. The van der Waals surface area contributed by atoms with Gasteiger partial charge in [0.1, 0.15) is 0 Å². The van der Waals surface area contributed by atoms with Crippen LogP contribution in [0.3, 0.4) is 0 Å². The van der Waals surface area contributed by atoms with Crippen LogP contribution < -0.4 is 0 Å². The van der Waals surface area contributed by atoms with Crippen LogP contribution in [0.5, 0.6) is 0 Å². The molecule has 0 aliphatic heterocycles. The summed E-state index contributed by atoms with van der Waals surface area (Å²) in [6.07, 6.45) is 2.83. The molecule has 1 nitrogen and oxygen atoms in total. The van der Waals surface area contributed by atoms with Crippen LogP contribution in [0.1, 0.15) is 49.0 Å². The molecule has 0 amide bonds. The van der Waals surface area contributed by atoms with Crippen LogP contribution in [0.2, 0.25) is 0 Å². The minimum absolute atomic E-state index is 0.282. The molecule has 14 heavy (non-hydrogen) atoms. The normalized spacial score (nSPS) is 12.9. The third kappa shape index (κ3) is 2.85. The zero-order chi connectivity index (χ0) is 10.6. The summed E-state index contributed by atoms with van der Waals surface area (Å²) in [5.74, 6) is 0. The topological polar surface area (TPSA) is 20.2 Å². The molecule has 78 valence electrons. The molecule has 0 aliphatic carbocycles. The standard InChI is InChI=1S/C13H20O/c1-4-5-6-13(14)12-8-7-10(2)9-11(12)3/h7-9,13-14H,4-6H2,1-3H3. The number of rotatable bonds is 4. The van der Waals surface area contributed by atoms with Gasteiger partial charge in [0.25, 0.3) is 0 Å². The van der Waals surface area contributed by atoms with E-state index in [0.29, 0.717) is 0 Å². The highest BCUT2D eigenvalue weighted by Crippen LogP contribution is 2.23. The fraction of sp³-hybridized carbons (Fsp3) is 0.538. The average molecular weight is 192 g/mol. The van der Waals surface area contributed by atoms with Gasteiger partial charge in [0.05, 0.1) is 6.10 Å². The van der Waals surface area contributed by atoms with E-state index in [1.54, 1.807) is 0 Å². The zero-order valence-electron chi connectivity index (χ0n) is 9.38. The molecule has 0 bridgehead atoms. The second-order valence-electron chi connectivity index (χ2n) is 4.02. The van der Waals surface area contributed by atoms with Gasteiger partial charge in [-0.2, -0.15) is 0 Å². The summed E-state index contributed by atoms with van der Waals surface area (Å²) in [4.78, 5) is 0. The summed E-state index contributed by atoms with van der Waals surface area (Å²) in [6.45, 7) is 6.29. The van der Waals surface area contributed by atoms with E-state index in [1.807, 2.05) is 6.07 Å². The lowest BCUT2D eigenvalue weighted by molar-refractivity contribution is 0.163. The van der Waals surface area contributed by atoms with Gasteiger partial charge < -0.3 is 5.11 Å². The first kappa shape index (κ1) is 11.3. The maximum atomic E-state index is 9.92. The third-order valence-electron chi connectivity index (χ3n) is 2.62. The molecule has 1 atom stereocenters. The van der Waals surface area contributed by atoms with E-state index in [4.69, 9.17) is 0 Å². The highest BCUT2D eigenvalue weighted by atomic mass is 16.3. The monoisotopic (exact) mass is 192 g/mol. The third-order valence-corrected chi connectivity index (χ3v) is 2.62. The van der Waals surface area contributed by atoms with E-state index in [-0.39, 0.29) is 6.10 Å². The minimum Gasteiger partial charge on any atom is -0.388 e. The Kier molecular flexibility index (Phi) is 4.15. The van der Waals surface area contributed by atoms with Gasteiger partial charge in [-0.25, -0.2) is 0 Å². The Bertz CT molecular complexity index is 291. The molecule has 0 radical (unpaired) electrons. The molecular formula is C13H20O. The SMILES string of the molecule is CCCCC(O)c1ccc(C)cc1C. The van der Waals surface area contributed by atoms with Gasteiger partial charge in [0, 0.05) is 0 Å². The summed E-state index contributed by atoms with van der Waals surface area (Å²) in [5, 5.41) is 9.92. The highest BCUT2D eigenvalue weighted by molar-refractivity contribution is 5.31. The first-order valence-electron chi connectivity index (χ1n) is 5.40. The van der Waals surface area contributed by atoms with E-state index < -0.39 is 0 Å². The van der Waals surface area contributed by atoms with Crippen LogP contribution in [-0.2, 0) is 0 Å².